The number of hydrogen-bond acceptors (Lipinski definition) is 4. The first-order chi connectivity index (χ1) is 10.1. The normalized spacial score (nSPS) is 24.5. The molecule has 108 valence electrons. The largest absolute Gasteiger partial charge is 0.330 e. The second kappa shape index (κ2) is 5.01. The topological polar surface area (TPSA) is 101 Å². The molecule has 1 aliphatic carbocycles. The minimum atomic E-state index is -0.709. The minimum Gasteiger partial charge on any atom is -0.330 e. The van der Waals surface area contributed by atoms with Crippen molar-refractivity contribution in [2.24, 2.45) is 5.92 Å². The summed E-state index contributed by atoms with van der Waals surface area (Å²) >= 11 is 0. The average molecular weight is 287 g/mol. The van der Waals surface area contributed by atoms with Gasteiger partial charge in [0.05, 0.1) is 22.4 Å². The van der Waals surface area contributed by atoms with Gasteiger partial charge in [0.2, 0.25) is 0 Å². The number of nitro benzene ring substituents is 1. The molecule has 1 heterocycles. The molecule has 3 rings (SSSR count). The molecule has 0 unspecified atom stereocenters. The molecule has 2 amide bonds. The van der Waals surface area contributed by atoms with Crippen LogP contribution in [0.1, 0.15) is 24.4 Å². The highest BCUT2D eigenvalue weighted by Gasteiger charge is 2.41. The van der Waals surface area contributed by atoms with E-state index >= 15 is 0 Å². The van der Waals surface area contributed by atoms with Crippen molar-refractivity contribution < 1.29 is 14.5 Å². The van der Waals surface area contributed by atoms with Gasteiger partial charge < -0.3 is 10.6 Å². The van der Waals surface area contributed by atoms with E-state index in [1.54, 1.807) is 18.2 Å². The van der Waals surface area contributed by atoms with Crippen molar-refractivity contribution >= 4 is 17.5 Å². The van der Waals surface area contributed by atoms with Crippen molar-refractivity contribution in [3.05, 3.63) is 51.7 Å². The van der Waals surface area contributed by atoms with Gasteiger partial charge in [0, 0.05) is 18.2 Å². The first-order valence-electron chi connectivity index (χ1n) is 6.61. The predicted molar refractivity (Wildman–Crippen MR) is 73.3 cm³/mol. The van der Waals surface area contributed by atoms with Gasteiger partial charge in [0.25, 0.3) is 5.69 Å². The summed E-state index contributed by atoms with van der Waals surface area (Å²) in [6.07, 6.45) is 2.77. The van der Waals surface area contributed by atoms with Gasteiger partial charge in [-0.15, -0.1) is 0 Å². The Balaban J connectivity index is 2.09. The zero-order valence-electron chi connectivity index (χ0n) is 11.0. The van der Waals surface area contributed by atoms with Crippen molar-refractivity contribution in [3.8, 4) is 0 Å². The van der Waals surface area contributed by atoms with E-state index in [-0.39, 0.29) is 11.5 Å². The Bertz CT molecular complexity index is 668. The van der Waals surface area contributed by atoms with Gasteiger partial charge in [0.1, 0.15) is 5.78 Å². The van der Waals surface area contributed by atoms with Gasteiger partial charge in [-0.3, -0.25) is 14.9 Å². The van der Waals surface area contributed by atoms with Crippen LogP contribution in [0.2, 0.25) is 0 Å². The molecule has 21 heavy (non-hydrogen) atoms. The molecule has 7 nitrogen and oxygen atoms in total. The highest BCUT2D eigenvalue weighted by molar-refractivity contribution is 5.91. The number of hydrogen-bond donors (Lipinski definition) is 2. The number of nitrogens with zero attached hydrogens (tertiary/aromatic N) is 1. The van der Waals surface area contributed by atoms with Gasteiger partial charge in [-0.05, 0) is 6.42 Å². The summed E-state index contributed by atoms with van der Waals surface area (Å²) in [5, 5.41) is 16.4. The quantitative estimate of drug-likeness (QED) is 0.639. The number of benzene rings is 1. The first-order valence-corrected chi connectivity index (χ1v) is 6.61. The molecule has 1 aromatic carbocycles. The van der Waals surface area contributed by atoms with E-state index in [1.807, 2.05) is 6.08 Å². The van der Waals surface area contributed by atoms with E-state index in [2.05, 4.69) is 10.6 Å². The molecule has 0 spiro atoms. The molecule has 1 fully saturated rings. The molecule has 2 N–H and O–H groups in total. The lowest BCUT2D eigenvalue weighted by Crippen LogP contribution is -2.52. The minimum absolute atomic E-state index is 0.0249. The molecule has 1 aromatic rings. The molecule has 1 saturated heterocycles. The van der Waals surface area contributed by atoms with Gasteiger partial charge >= 0.3 is 6.03 Å². The Labute approximate surface area is 120 Å². The van der Waals surface area contributed by atoms with Crippen LogP contribution in [0.3, 0.4) is 0 Å². The summed E-state index contributed by atoms with van der Waals surface area (Å²) in [5.41, 5.74) is 0.795. The van der Waals surface area contributed by atoms with Gasteiger partial charge in [-0.1, -0.05) is 24.3 Å². The second-order valence-electron chi connectivity index (χ2n) is 5.03. The van der Waals surface area contributed by atoms with Crippen molar-refractivity contribution in [2.45, 2.75) is 18.9 Å². The maximum Gasteiger partial charge on any atom is 0.319 e. The van der Waals surface area contributed by atoms with Crippen LogP contribution in [-0.4, -0.2) is 16.7 Å². The lowest BCUT2D eigenvalue weighted by molar-refractivity contribution is -0.385. The fourth-order valence-electron chi connectivity index (χ4n) is 2.89. The van der Waals surface area contributed by atoms with Crippen molar-refractivity contribution in [1.82, 2.24) is 10.6 Å². The highest BCUT2D eigenvalue weighted by Crippen LogP contribution is 2.37. The fourth-order valence-corrected chi connectivity index (χ4v) is 2.89. The monoisotopic (exact) mass is 287 g/mol. The number of rotatable bonds is 2. The Morgan fingerprint density at radius 2 is 2.00 bits per heavy atom. The third-order valence-electron chi connectivity index (χ3n) is 3.78. The van der Waals surface area contributed by atoms with Crippen molar-refractivity contribution in [2.75, 3.05) is 0 Å². The van der Waals surface area contributed by atoms with Crippen molar-refractivity contribution in [1.29, 1.82) is 0 Å². The van der Waals surface area contributed by atoms with Crippen LogP contribution in [-0.2, 0) is 4.79 Å². The summed E-state index contributed by atoms with van der Waals surface area (Å²) in [7, 11) is 0. The zero-order chi connectivity index (χ0) is 15.0. The van der Waals surface area contributed by atoms with Gasteiger partial charge in [-0.2, -0.15) is 0 Å². The fraction of sp³-hybridized carbons (Fsp3) is 0.286. The smallest absolute Gasteiger partial charge is 0.319 e. The van der Waals surface area contributed by atoms with E-state index in [0.29, 0.717) is 24.1 Å². The van der Waals surface area contributed by atoms with Crippen LogP contribution in [0.4, 0.5) is 10.5 Å². The van der Waals surface area contributed by atoms with Gasteiger partial charge in [-0.25, -0.2) is 4.79 Å². The first kappa shape index (κ1) is 13.3. The second-order valence-corrected chi connectivity index (χ2v) is 5.03. The zero-order valence-corrected chi connectivity index (χ0v) is 11.0. The molecular weight excluding hydrogens is 274 g/mol. The van der Waals surface area contributed by atoms with Crippen LogP contribution in [0.25, 0.3) is 0 Å². The molecule has 0 radical (unpaired) electrons. The lowest BCUT2D eigenvalue weighted by Gasteiger charge is -2.35. The summed E-state index contributed by atoms with van der Waals surface area (Å²) in [6, 6.07) is 5.01. The Kier molecular flexibility index (Phi) is 3.17. The molecule has 0 bridgehead atoms. The number of carbonyl (C=O) groups is 2. The summed E-state index contributed by atoms with van der Waals surface area (Å²) in [5.74, 6) is -0.610. The number of nitro groups is 1. The Morgan fingerprint density at radius 3 is 2.76 bits per heavy atom. The van der Waals surface area contributed by atoms with Crippen LogP contribution >= 0.6 is 0 Å². The predicted octanol–water partition coefficient (Wildman–Crippen LogP) is 1.81. The molecule has 2 atom stereocenters. The SMILES string of the molecule is O=C1NC2=CCCC(=O)[C@@H]2[C@@H](c2ccccc2[N+](=O)[O-])N1. The third kappa shape index (κ3) is 2.26. The van der Waals surface area contributed by atoms with E-state index in [1.165, 1.54) is 6.07 Å². The Hall–Kier alpha value is -2.70. The highest BCUT2D eigenvalue weighted by atomic mass is 16.6. The summed E-state index contributed by atoms with van der Waals surface area (Å²) in [4.78, 5) is 34.6. The number of ketones is 1. The molecular formula is C14H13N3O4. The number of Topliss-reactive ketones (excluding diaryl/α,β-unsaturated/α-hetero) is 1. The summed E-state index contributed by atoms with van der Waals surface area (Å²) in [6.45, 7) is 0. The number of nitrogens with one attached hydrogen (secondary N) is 2. The van der Waals surface area contributed by atoms with E-state index in [4.69, 9.17) is 0 Å². The number of para-hydroxylation sites is 1. The maximum atomic E-state index is 12.2. The lowest BCUT2D eigenvalue weighted by atomic mass is 9.80. The van der Waals surface area contributed by atoms with Crippen molar-refractivity contribution in [3.63, 3.8) is 0 Å². The molecule has 7 heteroatoms. The number of allylic oxidation sites excluding steroid dienone is 1. The number of urea groups is 1. The number of amides is 2. The molecule has 0 saturated carbocycles. The average Bonchev–Trinajstić information content (AvgIpc) is 2.46. The van der Waals surface area contributed by atoms with E-state index in [9.17, 15) is 19.7 Å². The van der Waals surface area contributed by atoms with E-state index in [0.717, 1.165) is 0 Å². The summed E-state index contributed by atoms with van der Waals surface area (Å²) < 4.78 is 0. The van der Waals surface area contributed by atoms with Crippen LogP contribution in [0.5, 0.6) is 0 Å². The number of fused-ring (bicyclic) bond motifs is 1. The molecule has 2 aliphatic rings. The maximum absolute atomic E-state index is 12.2. The molecule has 0 aromatic heterocycles. The molecule has 1 aliphatic heterocycles. The number of carbonyl (C=O) groups excluding carboxylic acids is 2. The van der Waals surface area contributed by atoms with E-state index < -0.39 is 22.9 Å². The van der Waals surface area contributed by atoms with Crippen LogP contribution in [0.15, 0.2) is 36.0 Å². The Morgan fingerprint density at radius 1 is 1.24 bits per heavy atom. The standard InChI is InChI=1S/C14H13N3O4/c18-11-7-3-5-9-12(11)13(16-14(19)15-9)8-4-1-2-6-10(8)17(20)21/h1-2,4-6,12-13H,3,7H2,(H2,15,16,19)/t12-,13-/m1/s1. The van der Waals surface area contributed by atoms with Gasteiger partial charge in [0.15, 0.2) is 0 Å². The van der Waals surface area contributed by atoms with Crippen LogP contribution < -0.4 is 10.6 Å². The third-order valence-corrected chi connectivity index (χ3v) is 3.78. The van der Waals surface area contributed by atoms with Crippen LogP contribution in [0, 0.1) is 16.0 Å².